The molecule has 0 spiro atoms. The molecule has 0 aromatic heterocycles. The molecule has 1 aromatic rings. The number of fused-ring (bicyclic) bond motifs is 1. The molecule has 2 rings (SSSR count). The normalized spacial score (nSPS) is 16.3. The van der Waals surface area contributed by atoms with Crippen LogP contribution in [-0.2, 0) is 12.8 Å². The van der Waals surface area contributed by atoms with Gasteiger partial charge in [-0.1, -0.05) is 63.3 Å². The zero-order valence-corrected chi connectivity index (χ0v) is 14.2. The van der Waals surface area contributed by atoms with E-state index in [0.717, 1.165) is 12.0 Å². The molecule has 1 aliphatic carbocycles. The van der Waals surface area contributed by atoms with Crippen molar-refractivity contribution in [3.63, 3.8) is 0 Å². The maximum atomic E-state index is 9.43. The van der Waals surface area contributed by atoms with Gasteiger partial charge in [-0.15, -0.1) is 0 Å². The summed E-state index contributed by atoms with van der Waals surface area (Å²) in [7, 11) is 0. The molecule has 1 unspecified atom stereocenters. The van der Waals surface area contributed by atoms with Crippen molar-refractivity contribution in [2.75, 3.05) is 6.61 Å². The number of benzene rings is 1. The molecule has 0 aliphatic heterocycles. The van der Waals surface area contributed by atoms with Crippen LogP contribution in [0.5, 0.6) is 0 Å². The van der Waals surface area contributed by atoms with Gasteiger partial charge in [0.25, 0.3) is 0 Å². The first-order valence-corrected chi connectivity index (χ1v) is 8.79. The van der Waals surface area contributed by atoms with Crippen LogP contribution in [0.15, 0.2) is 23.8 Å². The highest BCUT2D eigenvalue weighted by Gasteiger charge is 2.27. The van der Waals surface area contributed by atoms with Gasteiger partial charge in [-0.25, -0.2) is 0 Å². The molecular weight excluding hydrogens is 270 g/mol. The van der Waals surface area contributed by atoms with E-state index in [2.05, 4.69) is 31.2 Å². The second kappa shape index (κ2) is 7.94. The first kappa shape index (κ1) is 17.2. The number of aryl methyl sites for hydroxylation is 1. The minimum atomic E-state index is -0.599. The molecule has 0 fully saturated rings. The van der Waals surface area contributed by atoms with Crippen LogP contribution in [0.4, 0.5) is 0 Å². The van der Waals surface area contributed by atoms with Crippen molar-refractivity contribution in [3.8, 4) is 0 Å². The van der Waals surface area contributed by atoms with Gasteiger partial charge >= 0.3 is 0 Å². The standard InChI is InChI=1S/C20H31NO/c1-3-4-5-6-7-8-9-16-10-11-17-13-19(14-18(17)12-16)20(2,21)15-22/h10-13,22H,3-9,14-15,21H2,1-2H3. The summed E-state index contributed by atoms with van der Waals surface area (Å²) in [6.45, 7) is 4.16. The molecule has 1 atom stereocenters. The summed E-state index contributed by atoms with van der Waals surface area (Å²) in [5.41, 5.74) is 10.8. The summed E-state index contributed by atoms with van der Waals surface area (Å²) in [5, 5.41) is 9.43. The molecule has 1 aromatic carbocycles. The average molecular weight is 301 g/mol. The predicted molar refractivity (Wildman–Crippen MR) is 94.9 cm³/mol. The molecule has 122 valence electrons. The van der Waals surface area contributed by atoms with Gasteiger partial charge in [0.15, 0.2) is 0 Å². The molecule has 0 bridgehead atoms. The summed E-state index contributed by atoms with van der Waals surface area (Å²) < 4.78 is 0. The fourth-order valence-corrected chi connectivity index (χ4v) is 3.13. The molecule has 0 saturated heterocycles. The van der Waals surface area contributed by atoms with Crippen molar-refractivity contribution in [2.45, 2.75) is 70.8 Å². The van der Waals surface area contributed by atoms with Gasteiger partial charge in [-0.05, 0) is 48.4 Å². The van der Waals surface area contributed by atoms with Gasteiger partial charge in [0, 0.05) is 0 Å². The van der Waals surface area contributed by atoms with E-state index in [1.807, 2.05) is 6.92 Å². The van der Waals surface area contributed by atoms with Crippen molar-refractivity contribution in [2.24, 2.45) is 5.73 Å². The first-order chi connectivity index (χ1) is 10.6. The Morgan fingerprint density at radius 3 is 2.59 bits per heavy atom. The fraction of sp³-hybridized carbons (Fsp3) is 0.600. The van der Waals surface area contributed by atoms with E-state index in [-0.39, 0.29) is 6.61 Å². The Kier molecular flexibility index (Phi) is 6.22. The maximum Gasteiger partial charge on any atom is 0.0647 e. The minimum absolute atomic E-state index is 0.00254. The molecular formula is C20H31NO. The Morgan fingerprint density at radius 1 is 1.14 bits per heavy atom. The first-order valence-electron chi connectivity index (χ1n) is 8.79. The Hall–Kier alpha value is -1.12. The third kappa shape index (κ3) is 4.44. The summed E-state index contributed by atoms with van der Waals surface area (Å²) in [4.78, 5) is 0. The molecule has 2 heteroatoms. The minimum Gasteiger partial charge on any atom is -0.394 e. The van der Waals surface area contributed by atoms with Gasteiger partial charge in [0.2, 0.25) is 0 Å². The highest BCUT2D eigenvalue weighted by atomic mass is 16.3. The molecule has 22 heavy (non-hydrogen) atoms. The predicted octanol–water partition coefficient (Wildman–Crippen LogP) is 4.24. The lowest BCUT2D eigenvalue weighted by molar-refractivity contribution is 0.230. The largest absolute Gasteiger partial charge is 0.394 e. The summed E-state index contributed by atoms with van der Waals surface area (Å²) in [6.07, 6.45) is 12.3. The highest BCUT2D eigenvalue weighted by Crippen LogP contribution is 2.31. The quantitative estimate of drug-likeness (QED) is 0.670. The van der Waals surface area contributed by atoms with Crippen LogP contribution in [0.25, 0.3) is 6.08 Å². The second-order valence-corrected chi connectivity index (χ2v) is 6.97. The number of unbranched alkanes of at least 4 members (excludes halogenated alkanes) is 5. The third-order valence-electron chi connectivity index (χ3n) is 4.80. The number of nitrogens with two attached hydrogens (primary N) is 1. The van der Waals surface area contributed by atoms with E-state index in [0.29, 0.717) is 0 Å². The van der Waals surface area contributed by atoms with Crippen LogP contribution in [-0.4, -0.2) is 17.3 Å². The Morgan fingerprint density at radius 2 is 1.86 bits per heavy atom. The van der Waals surface area contributed by atoms with Crippen LogP contribution < -0.4 is 5.73 Å². The SMILES string of the molecule is CCCCCCCCc1ccc2c(c1)CC(C(C)(N)CO)=C2. The van der Waals surface area contributed by atoms with E-state index in [9.17, 15) is 5.11 Å². The van der Waals surface area contributed by atoms with E-state index >= 15 is 0 Å². The lowest BCUT2D eigenvalue weighted by Gasteiger charge is -2.23. The summed E-state index contributed by atoms with van der Waals surface area (Å²) in [5.74, 6) is 0. The number of aliphatic hydroxyl groups is 1. The van der Waals surface area contributed by atoms with Gasteiger partial charge in [0.1, 0.15) is 0 Å². The van der Waals surface area contributed by atoms with E-state index in [4.69, 9.17) is 5.73 Å². The monoisotopic (exact) mass is 301 g/mol. The second-order valence-electron chi connectivity index (χ2n) is 6.97. The Bertz CT molecular complexity index is 516. The summed E-state index contributed by atoms with van der Waals surface area (Å²) >= 11 is 0. The number of hydrogen-bond donors (Lipinski definition) is 2. The number of rotatable bonds is 9. The van der Waals surface area contributed by atoms with Crippen LogP contribution in [0.3, 0.4) is 0 Å². The van der Waals surface area contributed by atoms with E-state index in [1.165, 1.54) is 61.6 Å². The van der Waals surface area contributed by atoms with Crippen LogP contribution in [0.2, 0.25) is 0 Å². The lowest BCUT2D eigenvalue weighted by Crippen LogP contribution is -2.42. The zero-order chi connectivity index (χ0) is 16.0. The topological polar surface area (TPSA) is 46.2 Å². The fourth-order valence-electron chi connectivity index (χ4n) is 3.13. The van der Waals surface area contributed by atoms with Crippen LogP contribution >= 0.6 is 0 Å². The third-order valence-corrected chi connectivity index (χ3v) is 4.80. The molecule has 2 nitrogen and oxygen atoms in total. The molecule has 1 aliphatic rings. The maximum absolute atomic E-state index is 9.43. The molecule has 3 N–H and O–H groups in total. The van der Waals surface area contributed by atoms with Crippen molar-refractivity contribution in [3.05, 3.63) is 40.5 Å². The van der Waals surface area contributed by atoms with Gasteiger partial charge in [-0.2, -0.15) is 0 Å². The van der Waals surface area contributed by atoms with Crippen molar-refractivity contribution >= 4 is 6.08 Å². The van der Waals surface area contributed by atoms with Gasteiger partial charge < -0.3 is 10.8 Å². The zero-order valence-electron chi connectivity index (χ0n) is 14.2. The van der Waals surface area contributed by atoms with Gasteiger partial charge in [-0.3, -0.25) is 0 Å². The number of hydrogen-bond acceptors (Lipinski definition) is 2. The van der Waals surface area contributed by atoms with Crippen molar-refractivity contribution in [1.82, 2.24) is 0 Å². The van der Waals surface area contributed by atoms with Crippen molar-refractivity contribution < 1.29 is 5.11 Å². The van der Waals surface area contributed by atoms with Crippen LogP contribution in [0, 0.1) is 0 Å². The van der Waals surface area contributed by atoms with E-state index < -0.39 is 5.54 Å². The smallest absolute Gasteiger partial charge is 0.0647 e. The van der Waals surface area contributed by atoms with Crippen LogP contribution in [0.1, 0.15) is 69.1 Å². The molecule has 0 radical (unpaired) electrons. The molecule has 0 amide bonds. The Balaban J connectivity index is 1.85. The van der Waals surface area contributed by atoms with Crippen molar-refractivity contribution in [1.29, 1.82) is 0 Å². The molecule has 0 saturated carbocycles. The lowest BCUT2D eigenvalue weighted by atomic mass is 9.92. The number of aliphatic hydroxyl groups excluding tert-OH is 1. The summed E-state index contributed by atoms with van der Waals surface area (Å²) in [6, 6.07) is 6.79. The highest BCUT2D eigenvalue weighted by molar-refractivity contribution is 5.66. The molecule has 0 heterocycles. The average Bonchev–Trinajstić information content (AvgIpc) is 2.95. The van der Waals surface area contributed by atoms with E-state index in [1.54, 1.807) is 0 Å². The Labute approximate surface area is 135 Å². The van der Waals surface area contributed by atoms with Gasteiger partial charge in [0.05, 0.1) is 12.1 Å².